The quantitative estimate of drug-likeness (QED) is 0.648. The number of hydrogen-bond acceptors (Lipinski definition) is 2. The van der Waals surface area contributed by atoms with Crippen LogP contribution >= 0.6 is 0 Å². The van der Waals surface area contributed by atoms with Crippen molar-refractivity contribution in [2.75, 3.05) is 0 Å². The summed E-state index contributed by atoms with van der Waals surface area (Å²) in [4.78, 5) is 11.1. The maximum atomic E-state index is 11.1. The van der Waals surface area contributed by atoms with E-state index in [2.05, 4.69) is 6.58 Å². The molecule has 0 radical (unpaired) electrons. The number of carbonyl (C=O) groups excluding carboxylic acids is 1. The van der Waals surface area contributed by atoms with Gasteiger partial charge in [0.15, 0.2) is 5.78 Å². The van der Waals surface area contributed by atoms with Gasteiger partial charge in [-0.2, -0.15) is 0 Å². The molecular weight excluding hydrogens is 138 g/mol. The van der Waals surface area contributed by atoms with Crippen LogP contribution in [0.4, 0.5) is 0 Å². The number of carbonyl (C=O) groups is 1. The monoisotopic (exact) mass is 151 g/mol. The van der Waals surface area contributed by atoms with Crippen molar-refractivity contribution in [3.63, 3.8) is 0 Å². The maximum absolute atomic E-state index is 11.1. The third-order valence-electron chi connectivity index (χ3n) is 1.87. The average Bonchev–Trinajstić information content (AvgIpc) is 2.09. The number of rotatable bonds is 2. The first kappa shape index (κ1) is 8.05. The van der Waals surface area contributed by atoms with Gasteiger partial charge in [-0.1, -0.05) is 12.2 Å². The fourth-order valence-corrected chi connectivity index (χ4v) is 1.40. The largest absolute Gasteiger partial charge is 0.402 e. The number of ketones is 1. The zero-order valence-corrected chi connectivity index (χ0v) is 6.76. The molecule has 0 saturated carbocycles. The van der Waals surface area contributed by atoms with Crippen LogP contribution < -0.4 is 5.73 Å². The highest BCUT2D eigenvalue weighted by Gasteiger charge is 2.22. The molecule has 2 N–H and O–H groups in total. The van der Waals surface area contributed by atoms with Crippen molar-refractivity contribution in [3.05, 3.63) is 23.9 Å². The van der Waals surface area contributed by atoms with Gasteiger partial charge in [-0.15, -0.1) is 0 Å². The Morgan fingerprint density at radius 3 is 2.91 bits per heavy atom. The van der Waals surface area contributed by atoms with Gasteiger partial charge in [0.05, 0.1) is 0 Å². The molecule has 1 aliphatic rings. The molecule has 1 atom stereocenters. The normalized spacial score (nSPS) is 23.5. The molecule has 1 unspecified atom stereocenters. The molecule has 0 amide bonds. The van der Waals surface area contributed by atoms with Crippen LogP contribution in [0.2, 0.25) is 0 Å². The molecule has 0 aromatic heterocycles. The molecule has 1 rings (SSSR count). The summed E-state index contributed by atoms with van der Waals surface area (Å²) >= 11 is 0. The van der Waals surface area contributed by atoms with Gasteiger partial charge in [-0.25, -0.2) is 0 Å². The second-order valence-electron chi connectivity index (χ2n) is 3.16. The zero-order valence-electron chi connectivity index (χ0n) is 6.76. The van der Waals surface area contributed by atoms with E-state index in [0.29, 0.717) is 12.1 Å². The Hall–Kier alpha value is -1.05. The van der Waals surface area contributed by atoms with Crippen molar-refractivity contribution in [1.82, 2.24) is 0 Å². The topological polar surface area (TPSA) is 43.1 Å². The van der Waals surface area contributed by atoms with Crippen LogP contribution in [0.15, 0.2) is 23.9 Å². The molecule has 1 aliphatic carbocycles. The van der Waals surface area contributed by atoms with Gasteiger partial charge < -0.3 is 5.73 Å². The first-order valence-electron chi connectivity index (χ1n) is 3.74. The van der Waals surface area contributed by atoms with E-state index < -0.39 is 0 Å². The van der Waals surface area contributed by atoms with E-state index >= 15 is 0 Å². The molecule has 0 bridgehead atoms. The lowest BCUT2D eigenvalue weighted by atomic mass is 9.99. The van der Waals surface area contributed by atoms with Crippen LogP contribution in [-0.4, -0.2) is 5.78 Å². The smallest absolute Gasteiger partial charge is 0.159 e. The van der Waals surface area contributed by atoms with Crippen molar-refractivity contribution in [3.8, 4) is 0 Å². The molecule has 2 heteroatoms. The number of nitrogens with two attached hydrogens (primary N) is 1. The van der Waals surface area contributed by atoms with E-state index in [9.17, 15) is 4.79 Å². The molecule has 0 aliphatic heterocycles. The number of allylic oxidation sites excluding steroid dienone is 3. The Labute approximate surface area is 66.8 Å². The van der Waals surface area contributed by atoms with Crippen molar-refractivity contribution in [2.24, 2.45) is 11.7 Å². The second-order valence-corrected chi connectivity index (χ2v) is 3.16. The third-order valence-corrected chi connectivity index (χ3v) is 1.87. The molecule has 0 heterocycles. The van der Waals surface area contributed by atoms with Crippen LogP contribution in [0.1, 0.15) is 19.8 Å². The van der Waals surface area contributed by atoms with Gasteiger partial charge in [0.25, 0.3) is 0 Å². The lowest BCUT2D eigenvalue weighted by molar-refractivity contribution is -0.117. The Balaban J connectivity index is 2.53. The first-order valence-corrected chi connectivity index (χ1v) is 3.74. The molecule has 60 valence electrons. The van der Waals surface area contributed by atoms with Crippen LogP contribution in [0.5, 0.6) is 0 Å². The average molecular weight is 151 g/mol. The van der Waals surface area contributed by atoms with E-state index in [0.717, 1.165) is 12.0 Å². The van der Waals surface area contributed by atoms with Gasteiger partial charge in [-0.3, -0.25) is 4.79 Å². The molecular formula is C9H13NO. The van der Waals surface area contributed by atoms with Crippen LogP contribution in [-0.2, 0) is 4.79 Å². The molecule has 11 heavy (non-hydrogen) atoms. The van der Waals surface area contributed by atoms with Crippen molar-refractivity contribution in [1.29, 1.82) is 0 Å². The Morgan fingerprint density at radius 1 is 1.91 bits per heavy atom. The van der Waals surface area contributed by atoms with E-state index in [4.69, 9.17) is 5.73 Å². The molecule has 0 aromatic carbocycles. The highest BCUT2D eigenvalue weighted by molar-refractivity contribution is 5.95. The predicted octanol–water partition coefficient (Wildman–Crippen LogP) is 1.38. The molecule has 0 aromatic rings. The lowest BCUT2D eigenvalue weighted by Crippen LogP contribution is -2.10. The van der Waals surface area contributed by atoms with Crippen LogP contribution in [0.25, 0.3) is 0 Å². The molecule has 0 saturated heterocycles. The van der Waals surface area contributed by atoms with Crippen molar-refractivity contribution >= 4 is 5.78 Å². The summed E-state index contributed by atoms with van der Waals surface area (Å²) in [5, 5.41) is 0. The minimum atomic E-state index is 0.0764. The predicted molar refractivity (Wildman–Crippen MR) is 44.8 cm³/mol. The summed E-state index contributed by atoms with van der Waals surface area (Å²) in [6, 6.07) is 0. The molecule has 0 fully saturated rings. The summed E-state index contributed by atoms with van der Waals surface area (Å²) < 4.78 is 0. The van der Waals surface area contributed by atoms with E-state index in [1.54, 1.807) is 6.08 Å². The maximum Gasteiger partial charge on any atom is 0.159 e. The van der Waals surface area contributed by atoms with Crippen LogP contribution in [0.3, 0.4) is 0 Å². The number of hydrogen-bond donors (Lipinski definition) is 1. The van der Waals surface area contributed by atoms with Crippen LogP contribution in [0, 0.1) is 5.92 Å². The van der Waals surface area contributed by atoms with Gasteiger partial charge in [-0.05, 0) is 25.8 Å². The standard InChI is InChI=1S/C9H13NO/c1-6-3-8(5-7(2)10)9(11)4-6/h4,8H,2-3,5,10H2,1H3. The minimum Gasteiger partial charge on any atom is -0.402 e. The zero-order chi connectivity index (χ0) is 8.43. The molecule has 0 spiro atoms. The highest BCUT2D eigenvalue weighted by Crippen LogP contribution is 2.25. The highest BCUT2D eigenvalue weighted by atomic mass is 16.1. The summed E-state index contributed by atoms with van der Waals surface area (Å²) in [6.07, 6.45) is 3.19. The van der Waals surface area contributed by atoms with E-state index in [1.165, 1.54) is 0 Å². The van der Waals surface area contributed by atoms with E-state index in [1.807, 2.05) is 6.92 Å². The van der Waals surface area contributed by atoms with E-state index in [-0.39, 0.29) is 11.7 Å². The minimum absolute atomic E-state index is 0.0764. The lowest BCUT2D eigenvalue weighted by Gasteiger charge is -2.06. The summed E-state index contributed by atoms with van der Waals surface area (Å²) in [5.41, 5.74) is 7.17. The van der Waals surface area contributed by atoms with Gasteiger partial charge in [0.1, 0.15) is 0 Å². The van der Waals surface area contributed by atoms with Gasteiger partial charge in [0, 0.05) is 11.6 Å². The van der Waals surface area contributed by atoms with Gasteiger partial charge >= 0.3 is 0 Å². The van der Waals surface area contributed by atoms with Gasteiger partial charge in [0.2, 0.25) is 0 Å². The fraction of sp³-hybridized carbons (Fsp3) is 0.444. The summed E-state index contributed by atoms with van der Waals surface area (Å²) in [5.74, 6) is 0.279. The molecule has 2 nitrogen and oxygen atoms in total. The Morgan fingerprint density at radius 2 is 2.55 bits per heavy atom. The third kappa shape index (κ3) is 1.93. The SMILES string of the molecule is C=C(N)CC1CC(C)=CC1=O. The first-order chi connectivity index (χ1) is 5.09. The second kappa shape index (κ2) is 2.91. The Bertz CT molecular complexity index is 228. The van der Waals surface area contributed by atoms with Crippen molar-refractivity contribution < 1.29 is 4.79 Å². The summed E-state index contributed by atoms with van der Waals surface area (Å²) in [6.45, 7) is 5.55. The Kier molecular flexibility index (Phi) is 2.13. The van der Waals surface area contributed by atoms with Crippen molar-refractivity contribution in [2.45, 2.75) is 19.8 Å². The fourth-order valence-electron chi connectivity index (χ4n) is 1.40. The summed E-state index contributed by atoms with van der Waals surface area (Å²) in [7, 11) is 0.